The van der Waals surface area contributed by atoms with Crippen LogP contribution in [0, 0.1) is 5.92 Å². The molecule has 1 fully saturated rings. The molecule has 1 aromatic carbocycles. The van der Waals surface area contributed by atoms with Crippen LogP contribution in [0.2, 0.25) is 0 Å². The highest BCUT2D eigenvalue weighted by Gasteiger charge is 2.26. The number of carbonyl (C=O) groups excluding carboxylic acids is 1. The Bertz CT molecular complexity index is 436. The van der Waals surface area contributed by atoms with Crippen molar-refractivity contribution < 1.29 is 9.53 Å². The number of rotatable bonds is 4. The van der Waals surface area contributed by atoms with Crippen LogP contribution in [-0.4, -0.2) is 29.6 Å². The highest BCUT2D eigenvalue weighted by Crippen LogP contribution is 2.23. The van der Waals surface area contributed by atoms with Gasteiger partial charge in [-0.25, -0.2) is 0 Å². The Morgan fingerprint density at radius 2 is 2.00 bits per heavy atom. The van der Waals surface area contributed by atoms with Gasteiger partial charge in [-0.2, -0.15) is 0 Å². The predicted octanol–water partition coefficient (Wildman–Crippen LogP) is 3.24. The lowest BCUT2D eigenvalue weighted by molar-refractivity contribution is -0.155. The Morgan fingerprint density at radius 1 is 1.30 bits per heavy atom. The van der Waals surface area contributed by atoms with Crippen LogP contribution in [0.3, 0.4) is 0 Å². The molecule has 0 amide bonds. The van der Waals surface area contributed by atoms with Crippen LogP contribution in [0.5, 0.6) is 0 Å². The molecule has 1 aromatic rings. The van der Waals surface area contributed by atoms with Crippen molar-refractivity contribution in [1.82, 2.24) is 4.90 Å². The molecule has 1 aliphatic rings. The predicted molar refractivity (Wildman–Crippen MR) is 80.3 cm³/mol. The minimum Gasteiger partial charge on any atom is -0.460 e. The number of nitrogens with zero attached hydrogens (tertiary/aromatic N) is 1. The Hall–Kier alpha value is -1.35. The van der Waals surface area contributed by atoms with Crippen LogP contribution in [-0.2, 0) is 16.1 Å². The van der Waals surface area contributed by atoms with Crippen LogP contribution in [0.1, 0.15) is 39.2 Å². The van der Waals surface area contributed by atoms with Crippen molar-refractivity contribution in [2.24, 2.45) is 5.92 Å². The molecule has 3 heteroatoms. The first-order valence-corrected chi connectivity index (χ1v) is 7.40. The summed E-state index contributed by atoms with van der Waals surface area (Å²) in [5.74, 6) is 0.373. The molecule has 1 heterocycles. The standard InChI is InChI=1S/C17H25NO2/c1-17(2,3)20-16(19)11-15-9-10-18(13-15)12-14-7-5-4-6-8-14/h4-8,15H,9-13H2,1-3H3. The van der Waals surface area contributed by atoms with Gasteiger partial charge in [-0.15, -0.1) is 0 Å². The van der Waals surface area contributed by atoms with Gasteiger partial charge in [0.2, 0.25) is 0 Å². The fourth-order valence-corrected chi connectivity index (χ4v) is 2.68. The van der Waals surface area contributed by atoms with E-state index in [9.17, 15) is 4.79 Å². The van der Waals surface area contributed by atoms with E-state index in [1.165, 1.54) is 5.56 Å². The van der Waals surface area contributed by atoms with Gasteiger partial charge in [0.1, 0.15) is 5.60 Å². The Labute approximate surface area is 121 Å². The second-order valence-corrected chi connectivity index (χ2v) is 6.67. The van der Waals surface area contributed by atoms with E-state index in [0.717, 1.165) is 26.1 Å². The van der Waals surface area contributed by atoms with Gasteiger partial charge in [-0.05, 0) is 45.2 Å². The summed E-state index contributed by atoms with van der Waals surface area (Å²) in [6, 6.07) is 10.5. The van der Waals surface area contributed by atoms with Crippen LogP contribution in [0.25, 0.3) is 0 Å². The van der Waals surface area contributed by atoms with E-state index < -0.39 is 0 Å². The lowest BCUT2D eigenvalue weighted by atomic mass is 10.1. The van der Waals surface area contributed by atoms with Gasteiger partial charge in [0.25, 0.3) is 0 Å². The molecule has 0 saturated carbocycles. The Balaban J connectivity index is 1.77. The van der Waals surface area contributed by atoms with Crippen molar-refractivity contribution in [3.63, 3.8) is 0 Å². The molecule has 0 aromatic heterocycles. The fraction of sp³-hybridized carbons (Fsp3) is 0.588. The molecule has 2 rings (SSSR count). The Morgan fingerprint density at radius 3 is 2.65 bits per heavy atom. The van der Waals surface area contributed by atoms with Crippen molar-refractivity contribution in [3.8, 4) is 0 Å². The zero-order valence-corrected chi connectivity index (χ0v) is 12.8. The van der Waals surface area contributed by atoms with Gasteiger partial charge in [-0.1, -0.05) is 30.3 Å². The van der Waals surface area contributed by atoms with E-state index in [4.69, 9.17) is 4.74 Å². The van der Waals surface area contributed by atoms with Gasteiger partial charge in [0.15, 0.2) is 0 Å². The van der Waals surface area contributed by atoms with Crippen LogP contribution < -0.4 is 0 Å². The summed E-state index contributed by atoms with van der Waals surface area (Å²) in [6.45, 7) is 8.80. The largest absolute Gasteiger partial charge is 0.460 e. The summed E-state index contributed by atoms with van der Waals surface area (Å²) < 4.78 is 5.40. The molecular weight excluding hydrogens is 250 g/mol. The normalized spacial score (nSPS) is 20.1. The van der Waals surface area contributed by atoms with Crippen molar-refractivity contribution in [2.45, 2.75) is 45.8 Å². The SMILES string of the molecule is CC(C)(C)OC(=O)CC1CCN(Cc2ccccc2)C1. The monoisotopic (exact) mass is 275 g/mol. The van der Waals surface area contributed by atoms with E-state index >= 15 is 0 Å². The average Bonchev–Trinajstić information content (AvgIpc) is 2.75. The molecule has 3 nitrogen and oxygen atoms in total. The second-order valence-electron chi connectivity index (χ2n) is 6.67. The van der Waals surface area contributed by atoms with Crippen LogP contribution in [0.4, 0.5) is 0 Å². The summed E-state index contributed by atoms with van der Waals surface area (Å²) in [6.07, 6.45) is 1.63. The molecule has 0 N–H and O–H groups in total. The number of benzene rings is 1. The van der Waals surface area contributed by atoms with E-state index in [0.29, 0.717) is 12.3 Å². The van der Waals surface area contributed by atoms with Crippen LogP contribution >= 0.6 is 0 Å². The zero-order valence-electron chi connectivity index (χ0n) is 12.8. The first kappa shape index (κ1) is 15.0. The molecule has 1 aliphatic heterocycles. The van der Waals surface area contributed by atoms with Crippen molar-refractivity contribution in [1.29, 1.82) is 0 Å². The average molecular weight is 275 g/mol. The summed E-state index contributed by atoms with van der Waals surface area (Å²) in [7, 11) is 0. The highest BCUT2D eigenvalue weighted by atomic mass is 16.6. The summed E-state index contributed by atoms with van der Waals surface area (Å²) in [4.78, 5) is 14.3. The maximum atomic E-state index is 11.8. The minimum atomic E-state index is -0.376. The number of ether oxygens (including phenoxy) is 1. The number of likely N-dealkylation sites (tertiary alicyclic amines) is 1. The van der Waals surface area contributed by atoms with E-state index in [1.54, 1.807) is 0 Å². The zero-order chi connectivity index (χ0) is 14.6. The van der Waals surface area contributed by atoms with Gasteiger partial charge < -0.3 is 4.74 Å². The molecule has 0 radical (unpaired) electrons. The van der Waals surface area contributed by atoms with Crippen molar-refractivity contribution in [2.75, 3.05) is 13.1 Å². The molecule has 0 spiro atoms. The number of carbonyl (C=O) groups is 1. The quantitative estimate of drug-likeness (QED) is 0.790. The van der Waals surface area contributed by atoms with Crippen molar-refractivity contribution >= 4 is 5.97 Å². The molecule has 1 unspecified atom stereocenters. The molecule has 1 atom stereocenters. The lowest BCUT2D eigenvalue weighted by Gasteiger charge is -2.21. The Kier molecular flexibility index (Phi) is 4.81. The summed E-state index contributed by atoms with van der Waals surface area (Å²) in [5, 5.41) is 0. The highest BCUT2D eigenvalue weighted by molar-refractivity contribution is 5.70. The fourth-order valence-electron chi connectivity index (χ4n) is 2.68. The molecule has 1 saturated heterocycles. The maximum Gasteiger partial charge on any atom is 0.306 e. The van der Waals surface area contributed by atoms with Gasteiger partial charge in [0.05, 0.1) is 0 Å². The van der Waals surface area contributed by atoms with Gasteiger partial charge in [0, 0.05) is 19.5 Å². The molecule has 20 heavy (non-hydrogen) atoms. The summed E-state index contributed by atoms with van der Waals surface area (Å²) in [5.41, 5.74) is 0.963. The minimum absolute atomic E-state index is 0.0657. The topological polar surface area (TPSA) is 29.5 Å². The third-order valence-electron chi connectivity index (χ3n) is 3.49. The number of hydrogen-bond donors (Lipinski definition) is 0. The molecule has 0 bridgehead atoms. The maximum absolute atomic E-state index is 11.8. The number of hydrogen-bond acceptors (Lipinski definition) is 3. The first-order valence-electron chi connectivity index (χ1n) is 7.40. The van der Waals surface area contributed by atoms with Gasteiger partial charge in [-0.3, -0.25) is 9.69 Å². The van der Waals surface area contributed by atoms with Gasteiger partial charge >= 0.3 is 5.97 Å². The van der Waals surface area contributed by atoms with Crippen LogP contribution in [0.15, 0.2) is 30.3 Å². The molecule has 110 valence electrons. The van der Waals surface area contributed by atoms with E-state index in [2.05, 4.69) is 29.2 Å². The third kappa shape index (κ3) is 4.97. The van der Waals surface area contributed by atoms with Crippen molar-refractivity contribution in [3.05, 3.63) is 35.9 Å². The summed E-state index contributed by atoms with van der Waals surface area (Å²) >= 11 is 0. The number of esters is 1. The lowest BCUT2D eigenvalue weighted by Crippen LogP contribution is -2.26. The van der Waals surface area contributed by atoms with E-state index in [1.807, 2.05) is 26.8 Å². The smallest absolute Gasteiger partial charge is 0.306 e. The van der Waals surface area contributed by atoms with E-state index in [-0.39, 0.29) is 11.6 Å². The third-order valence-corrected chi connectivity index (χ3v) is 3.49. The first-order chi connectivity index (χ1) is 9.42. The second kappa shape index (κ2) is 6.40. The molecular formula is C17H25NO2. The molecule has 0 aliphatic carbocycles.